The van der Waals surface area contributed by atoms with E-state index in [-0.39, 0.29) is 30.9 Å². The van der Waals surface area contributed by atoms with Gasteiger partial charge in [0.2, 0.25) is 0 Å². The Morgan fingerprint density at radius 1 is 0.836 bits per heavy atom. The number of hydrogen-bond acceptors (Lipinski definition) is 13. The molecule has 0 aliphatic carbocycles. The van der Waals surface area contributed by atoms with Crippen LogP contribution in [0.15, 0.2) is 67.0 Å². The molecule has 2 aliphatic heterocycles. The van der Waals surface area contributed by atoms with Gasteiger partial charge in [0, 0.05) is 46.3 Å². The Morgan fingerprint density at radius 2 is 1.49 bits per heavy atom. The van der Waals surface area contributed by atoms with E-state index in [1.165, 1.54) is 46.4 Å². The number of imidazole rings is 1. The first-order chi connectivity index (χ1) is 26.7. The first kappa shape index (κ1) is 39.1. The Kier molecular flexibility index (Phi) is 13.2. The van der Waals surface area contributed by atoms with Crippen molar-refractivity contribution in [1.29, 1.82) is 0 Å². The second-order valence-corrected chi connectivity index (χ2v) is 13.6. The Labute approximate surface area is 319 Å². The van der Waals surface area contributed by atoms with Crippen LogP contribution < -0.4 is 16.0 Å². The van der Waals surface area contributed by atoms with Crippen molar-refractivity contribution in [2.24, 2.45) is 0 Å². The number of benzene rings is 2. The minimum atomic E-state index is -1.15. The molecule has 2 saturated heterocycles. The van der Waals surface area contributed by atoms with Crippen LogP contribution in [0, 0.1) is 0 Å². The molecule has 4 aromatic rings. The van der Waals surface area contributed by atoms with Crippen LogP contribution in [0.5, 0.6) is 0 Å². The number of anilines is 1. The van der Waals surface area contributed by atoms with Gasteiger partial charge in [0.05, 0.1) is 12.9 Å². The minimum absolute atomic E-state index is 0.0177. The van der Waals surface area contributed by atoms with Crippen molar-refractivity contribution >= 4 is 40.9 Å². The average molecular weight is 757 g/mol. The SMILES string of the molecule is CC(=O)OC[C@H]1O[C@@H](n2cnc3c(NCC(c4ccccc4)c4ccccc4)nc(CNC(=O)NCCN4CCCCC4)nc32)[C@@H](OC(C)=O)[C@@H]1OC(C)=O. The van der Waals surface area contributed by atoms with Gasteiger partial charge in [-0.3, -0.25) is 19.0 Å². The molecule has 4 atom stereocenters. The lowest BCUT2D eigenvalue weighted by Crippen LogP contribution is -2.41. The second-order valence-electron chi connectivity index (χ2n) is 13.6. The largest absolute Gasteiger partial charge is 0.463 e. The van der Waals surface area contributed by atoms with Crippen molar-refractivity contribution in [3.63, 3.8) is 0 Å². The normalized spacial score (nSPS) is 19.9. The quantitative estimate of drug-likeness (QED) is 0.118. The van der Waals surface area contributed by atoms with Crippen molar-refractivity contribution in [2.75, 3.05) is 44.6 Å². The molecule has 2 aliphatic rings. The third-order valence-electron chi connectivity index (χ3n) is 9.53. The molecule has 16 heteroatoms. The summed E-state index contributed by atoms with van der Waals surface area (Å²) in [5, 5.41) is 9.28. The Morgan fingerprint density at radius 3 is 2.13 bits per heavy atom. The molecular weight excluding hydrogens is 708 g/mol. The maximum atomic E-state index is 12.9. The number of urea groups is 1. The molecule has 2 amide bonds. The summed E-state index contributed by atoms with van der Waals surface area (Å²) in [6.45, 7) is 7.19. The van der Waals surface area contributed by atoms with Gasteiger partial charge in [-0.25, -0.2) is 19.7 Å². The molecule has 4 heterocycles. The van der Waals surface area contributed by atoms with Gasteiger partial charge in [0.15, 0.2) is 41.2 Å². The molecule has 0 unspecified atom stereocenters. The zero-order chi connectivity index (χ0) is 38.7. The van der Waals surface area contributed by atoms with Gasteiger partial charge >= 0.3 is 23.9 Å². The van der Waals surface area contributed by atoms with Crippen LogP contribution in [0.2, 0.25) is 0 Å². The molecule has 0 saturated carbocycles. The highest BCUT2D eigenvalue weighted by Gasteiger charge is 2.51. The summed E-state index contributed by atoms with van der Waals surface area (Å²) in [4.78, 5) is 65.8. The average Bonchev–Trinajstić information content (AvgIpc) is 3.74. The summed E-state index contributed by atoms with van der Waals surface area (Å²) in [6.07, 6.45) is 0.702. The lowest BCUT2D eigenvalue weighted by molar-refractivity contribution is -0.166. The van der Waals surface area contributed by atoms with Gasteiger partial charge in [-0.1, -0.05) is 67.1 Å². The Bertz CT molecular complexity index is 1880. The summed E-state index contributed by atoms with van der Waals surface area (Å²) >= 11 is 0. The molecule has 16 nitrogen and oxygen atoms in total. The molecule has 0 spiro atoms. The lowest BCUT2D eigenvalue weighted by atomic mass is 9.91. The van der Waals surface area contributed by atoms with Crippen LogP contribution in [0.25, 0.3) is 11.2 Å². The maximum absolute atomic E-state index is 12.9. The number of rotatable bonds is 15. The smallest absolute Gasteiger partial charge is 0.315 e. The number of ether oxygens (including phenoxy) is 4. The zero-order valence-electron chi connectivity index (χ0n) is 31.3. The number of fused-ring (bicyclic) bond motifs is 1. The monoisotopic (exact) mass is 756 g/mol. The molecule has 0 bridgehead atoms. The fraction of sp³-hybridized carbons (Fsp3) is 0.462. The topological polar surface area (TPSA) is 188 Å². The van der Waals surface area contributed by atoms with E-state index < -0.39 is 42.4 Å². The molecule has 3 N–H and O–H groups in total. The fourth-order valence-corrected chi connectivity index (χ4v) is 7.00. The third kappa shape index (κ3) is 10.3. The maximum Gasteiger partial charge on any atom is 0.315 e. The van der Waals surface area contributed by atoms with Crippen LogP contribution in [-0.2, 0) is 39.9 Å². The third-order valence-corrected chi connectivity index (χ3v) is 9.53. The number of nitrogens with zero attached hydrogens (tertiary/aromatic N) is 5. The van der Waals surface area contributed by atoms with Crippen molar-refractivity contribution in [2.45, 2.75) is 77.0 Å². The number of carbonyl (C=O) groups excluding carboxylic acids is 4. The summed E-state index contributed by atoms with van der Waals surface area (Å²) in [7, 11) is 0. The second kappa shape index (κ2) is 18.6. The predicted molar refractivity (Wildman–Crippen MR) is 201 cm³/mol. The minimum Gasteiger partial charge on any atom is -0.463 e. The molecular formula is C39H48N8O8. The van der Waals surface area contributed by atoms with E-state index in [4.69, 9.17) is 28.9 Å². The molecule has 2 fully saturated rings. The lowest BCUT2D eigenvalue weighted by Gasteiger charge is -2.26. The van der Waals surface area contributed by atoms with Gasteiger partial charge in [-0.15, -0.1) is 0 Å². The van der Waals surface area contributed by atoms with Gasteiger partial charge in [-0.05, 0) is 37.1 Å². The van der Waals surface area contributed by atoms with Crippen LogP contribution in [0.1, 0.15) is 69.1 Å². The van der Waals surface area contributed by atoms with Crippen LogP contribution in [-0.4, -0.2) is 106 Å². The highest BCUT2D eigenvalue weighted by atomic mass is 16.7. The van der Waals surface area contributed by atoms with E-state index in [2.05, 4.69) is 50.1 Å². The van der Waals surface area contributed by atoms with Gasteiger partial charge in [0.1, 0.15) is 12.7 Å². The van der Waals surface area contributed by atoms with Crippen molar-refractivity contribution < 1.29 is 38.1 Å². The van der Waals surface area contributed by atoms with E-state index >= 15 is 0 Å². The number of likely N-dealkylation sites (tertiary alicyclic amines) is 1. The van der Waals surface area contributed by atoms with E-state index in [0.29, 0.717) is 30.1 Å². The Hall–Kier alpha value is -5.61. The Balaban J connectivity index is 1.31. The highest BCUT2D eigenvalue weighted by Crippen LogP contribution is 2.37. The molecule has 0 radical (unpaired) electrons. The number of piperidine rings is 1. The summed E-state index contributed by atoms with van der Waals surface area (Å²) in [5.74, 6) is -1.23. The number of carbonyl (C=O) groups is 4. The fourth-order valence-electron chi connectivity index (χ4n) is 7.00. The molecule has 2 aromatic heterocycles. The highest BCUT2D eigenvalue weighted by molar-refractivity contribution is 5.83. The van der Waals surface area contributed by atoms with Crippen LogP contribution >= 0.6 is 0 Å². The first-order valence-electron chi connectivity index (χ1n) is 18.6. The van der Waals surface area contributed by atoms with Crippen molar-refractivity contribution in [3.8, 4) is 0 Å². The summed E-state index contributed by atoms with van der Waals surface area (Å²) in [5.41, 5.74) is 2.87. The van der Waals surface area contributed by atoms with Crippen LogP contribution in [0.3, 0.4) is 0 Å². The van der Waals surface area contributed by atoms with Gasteiger partial charge < -0.3 is 39.8 Å². The van der Waals surface area contributed by atoms with Crippen LogP contribution in [0.4, 0.5) is 10.6 Å². The van der Waals surface area contributed by atoms with E-state index in [0.717, 1.165) is 30.8 Å². The van der Waals surface area contributed by atoms with Gasteiger partial charge in [-0.2, -0.15) is 0 Å². The number of esters is 3. The summed E-state index contributed by atoms with van der Waals surface area (Å²) in [6, 6.07) is 19.9. The zero-order valence-corrected chi connectivity index (χ0v) is 31.3. The summed E-state index contributed by atoms with van der Waals surface area (Å²) < 4.78 is 24.3. The number of hydrogen-bond donors (Lipinski definition) is 3. The molecule has 2 aromatic carbocycles. The number of amides is 2. The molecule has 6 rings (SSSR count). The number of aromatic nitrogens is 4. The van der Waals surface area contributed by atoms with E-state index in [1.807, 2.05) is 36.4 Å². The predicted octanol–water partition coefficient (Wildman–Crippen LogP) is 3.68. The van der Waals surface area contributed by atoms with E-state index in [9.17, 15) is 19.2 Å². The number of nitrogens with one attached hydrogen (secondary N) is 3. The molecule has 55 heavy (non-hydrogen) atoms. The molecule has 292 valence electrons. The van der Waals surface area contributed by atoms with E-state index in [1.54, 1.807) is 4.57 Å². The van der Waals surface area contributed by atoms with Gasteiger partial charge in [0.25, 0.3) is 0 Å². The standard InChI is InChI=1S/C39H48N8O8/c1-25(48)52-23-31-34(53-26(2)49)35(54-27(3)50)38(55-31)47-24-43-33-36(41-21-30(28-13-7-4-8-14-28)29-15-9-5-10-16-29)44-32(45-37(33)47)22-42-39(51)40-17-20-46-18-11-6-12-19-46/h4-5,7-10,13-16,24,30-31,34-35,38H,6,11-12,17-23H2,1-3H3,(H2,40,42,51)(H,41,44,45)/t31-,34-,35+,38-/m1/s1. The van der Waals surface area contributed by atoms with Crippen molar-refractivity contribution in [1.82, 2.24) is 35.1 Å². The first-order valence-corrected chi connectivity index (χ1v) is 18.6. The van der Waals surface area contributed by atoms with Crippen molar-refractivity contribution in [3.05, 3.63) is 83.9 Å².